The maximum absolute atomic E-state index is 9.49. The van der Waals surface area contributed by atoms with Crippen LogP contribution in [0.2, 0.25) is 0 Å². The summed E-state index contributed by atoms with van der Waals surface area (Å²) in [5.41, 5.74) is 0. The molecule has 0 spiro atoms. The summed E-state index contributed by atoms with van der Waals surface area (Å²) >= 11 is 0. The molecule has 110 valence electrons. The number of hydrogen-bond acceptors (Lipinski definition) is 2. The molecule has 2 nitrogen and oxygen atoms in total. The van der Waals surface area contributed by atoms with Crippen molar-refractivity contribution in [2.24, 2.45) is 0 Å². The summed E-state index contributed by atoms with van der Waals surface area (Å²) in [5.74, 6) is 0. The zero-order valence-corrected chi connectivity index (χ0v) is 15.3. The molecule has 0 aromatic rings. The highest BCUT2D eigenvalue weighted by Crippen LogP contribution is 2.54. The minimum atomic E-state index is -0.300. The highest BCUT2D eigenvalue weighted by Gasteiger charge is 2.27. The van der Waals surface area contributed by atoms with E-state index in [-0.39, 0.29) is 37.8 Å². The van der Waals surface area contributed by atoms with Crippen LogP contribution in [-0.4, -0.2) is 68.8 Å². The Labute approximate surface area is 126 Å². The summed E-state index contributed by atoms with van der Waals surface area (Å²) in [7, 11) is -0.432. The molecule has 0 fully saturated rings. The van der Waals surface area contributed by atoms with Crippen molar-refractivity contribution in [2.45, 2.75) is 51.9 Å². The van der Waals surface area contributed by atoms with E-state index < -0.39 is 0 Å². The third kappa shape index (κ3) is 10.3. The van der Waals surface area contributed by atoms with Crippen LogP contribution in [0.5, 0.6) is 0 Å². The zero-order chi connectivity index (χ0) is 13.7. The highest BCUT2D eigenvalue weighted by atomic mass is 31.1. The Morgan fingerprint density at radius 2 is 1.05 bits per heavy atom. The quantitative estimate of drug-likeness (QED) is 0.585. The summed E-state index contributed by atoms with van der Waals surface area (Å²) in [6.07, 6.45) is 3.60. The average molecular weight is 302 g/mol. The molecule has 0 rings (SSSR count). The molecule has 0 amide bonds. The highest BCUT2D eigenvalue weighted by molar-refractivity contribution is 7.63. The van der Waals surface area contributed by atoms with Gasteiger partial charge in [-0.25, -0.2) is 0 Å². The molecule has 0 heterocycles. The van der Waals surface area contributed by atoms with Gasteiger partial charge in [-0.05, 0) is 28.8 Å². The monoisotopic (exact) mass is 302 g/mol. The van der Waals surface area contributed by atoms with Gasteiger partial charge in [-0.15, -0.1) is 0 Å². The van der Waals surface area contributed by atoms with Crippen molar-refractivity contribution >= 4 is 32.7 Å². The van der Waals surface area contributed by atoms with Gasteiger partial charge in [0.15, 0.2) is 0 Å². The molecular weight excluding hydrogens is 272 g/mol. The van der Waals surface area contributed by atoms with Crippen molar-refractivity contribution in [1.29, 1.82) is 0 Å². The predicted molar refractivity (Wildman–Crippen MR) is 93.6 cm³/mol. The van der Waals surface area contributed by atoms with Gasteiger partial charge in [0.25, 0.3) is 0 Å². The molecule has 0 saturated carbocycles. The number of hydrogen-bond donors (Lipinski definition) is 2. The van der Waals surface area contributed by atoms with Crippen LogP contribution < -0.4 is 0 Å². The molecule has 6 heteroatoms. The Bertz CT molecular complexity index is 216. The van der Waals surface area contributed by atoms with Gasteiger partial charge < -0.3 is 10.2 Å². The first-order valence-corrected chi connectivity index (χ1v) is 9.77. The molecule has 0 aliphatic heterocycles. The van der Waals surface area contributed by atoms with Crippen LogP contribution in [0.1, 0.15) is 41.5 Å². The lowest BCUT2D eigenvalue weighted by Crippen LogP contribution is -2.21. The van der Waals surface area contributed by atoms with E-state index in [9.17, 15) is 5.11 Å². The van der Waals surface area contributed by atoms with Gasteiger partial charge in [0.05, 0.1) is 6.35 Å². The van der Waals surface area contributed by atoms with E-state index in [1.54, 1.807) is 0 Å². The van der Waals surface area contributed by atoms with Crippen LogP contribution in [-0.2, 0) is 0 Å². The fraction of sp³-hybridized carbons (Fsp3) is 1.00. The number of aliphatic hydroxyl groups is 2. The predicted octanol–water partition coefficient (Wildman–Crippen LogP) is 2.73. The Kier molecular flexibility index (Phi) is 13.9. The fourth-order valence-electron chi connectivity index (χ4n) is 1.76. The van der Waals surface area contributed by atoms with Gasteiger partial charge in [-0.1, -0.05) is 57.4 Å². The number of rotatable bonds is 6. The Morgan fingerprint density at radius 1 is 0.684 bits per heavy atom. The van der Waals surface area contributed by atoms with Gasteiger partial charge in [0, 0.05) is 23.4 Å². The Hall–Kier alpha value is 0.910. The van der Waals surface area contributed by atoms with Gasteiger partial charge >= 0.3 is 0 Å². The minimum Gasteiger partial charge on any atom is -0.396 e. The maximum Gasteiger partial charge on any atom is 0.0629 e. The number of aliphatic hydroxyl groups excluding tert-OH is 2. The third-order valence-electron chi connectivity index (χ3n) is 3.08. The average Bonchev–Trinajstić information content (AvgIpc) is 2.13. The SMILES string of the molecule is CC(C)(C)[P@](CCO)CC[P@@](CO)C(C)(C)C.[B].[B]. The fourth-order valence-corrected chi connectivity index (χ4v) is 6.74. The normalized spacial score (nSPS) is 15.2. The molecular formula is C13H30B2O2P2. The Balaban J connectivity index is -0.00000128. The molecule has 0 unspecified atom stereocenters. The van der Waals surface area contributed by atoms with Crippen LogP contribution in [0.25, 0.3) is 0 Å². The van der Waals surface area contributed by atoms with Crippen molar-refractivity contribution in [3.8, 4) is 0 Å². The second kappa shape index (κ2) is 10.6. The molecule has 19 heavy (non-hydrogen) atoms. The zero-order valence-electron chi connectivity index (χ0n) is 13.5. The minimum absolute atomic E-state index is 0. The second-order valence-corrected chi connectivity index (χ2v) is 12.9. The smallest absolute Gasteiger partial charge is 0.0629 e. The second-order valence-electron chi connectivity index (χ2n) is 6.46. The molecule has 2 N–H and O–H groups in total. The van der Waals surface area contributed by atoms with Crippen LogP contribution in [0.4, 0.5) is 0 Å². The first kappa shape index (κ1) is 24.9. The molecule has 2 atom stereocenters. The van der Waals surface area contributed by atoms with E-state index in [1.807, 2.05) is 0 Å². The lowest BCUT2D eigenvalue weighted by Gasteiger charge is -2.35. The third-order valence-corrected chi connectivity index (χ3v) is 9.83. The summed E-state index contributed by atoms with van der Waals surface area (Å²) in [5, 5.41) is 19.2. The van der Waals surface area contributed by atoms with Crippen LogP contribution in [0.15, 0.2) is 0 Å². The molecule has 0 aliphatic carbocycles. The first-order valence-electron chi connectivity index (χ1n) is 6.34. The largest absolute Gasteiger partial charge is 0.396 e. The van der Waals surface area contributed by atoms with Gasteiger partial charge in [-0.2, -0.15) is 0 Å². The summed E-state index contributed by atoms with van der Waals surface area (Å²) in [4.78, 5) is 0. The van der Waals surface area contributed by atoms with Crippen LogP contribution >= 0.6 is 15.8 Å². The lowest BCUT2D eigenvalue weighted by molar-refractivity contribution is 0.321. The molecule has 0 aromatic carbocycles. The molecule has 0 aromatic heterocycles. The van der Waals surface area contributed by atoms with E-state index in [1.165, 1.54) is 6.16 Å². The molecule has 0 bridgehead atoms. The van der Waals surface area contributed by atoms with Crippen molar-refractivity contribution < 1.29 is 10.2 Å². The van der Waals surface area contributed by atoms with Crippen molar-refractivity contribution in [3.05, 3.63) is 0 Å². The van der Waals surface area contributed by atoms with E-state index in [0.29, 0.717) is 18.1 Å². The molecule has 0 aliphatic rings. The van der Waals surface area contributed by atoms with E-state index >= 15 is 0 Å². The molecule has 6 radical (unpaired) electrons. The van der Waals surface area contributed by atoms with Crippen LogP contribution in [0, 0.1) is 0 Å². The summed E-state index contributed by atoms with van der Waals surface area (Å²) < 4.78 is 0. The first-order chi connectivity index (χ1) is 7.62. The topological polar surface area (TPSA) is 40.5 Å². The molecule has 0 saturated heterocycles. The van der Waals surface area contributed by atoms with E-state index in [4.69, 9.17) is 5.11 Å². The van der Waals surface area contributed by atoms with Crippen molar-refractivity contribution in [3.63, 3.8) is 0 Å². The summed E-state index contributed by atoms with van der Waals surface area (Å²) in [6, 6.07) is 0. The van der Waals surface area contributed by atoms with E-state index in [0.717, 1.165) is 12.3 Å². The van der Waals surface area contributed by atoms with Gasteiger partial charge in [0.2, 0.25) is 0 Å². The van der Waals surface area contributed by atoms with Gasteiger partial charge in [-0.3, -0.25) is 0 Å². The standard InChI is InChI=1S/C13H30O2P2.2B/c1-12(2,3)16(8-7-14)9-10-17(11-15)13(4,5)6;;/h14-15H,7-11H2,1-6H3;;/t16-,17+;;/m1../s1. The lowest BCUT2D eigenvalue weighted by atomic mass is 10.3. The summed E-state index contributed by atoms with van der Waals surface area (Å²) in [6.45, 7) is 13.8. The van der Waals surface area contributed by atoms with Crippen LogP contribution in [0.3, 0.4) is 0 Å². The van der Waals surface area contributed by atoms with Gasteiger partial charge in [0.1, 0.15) is 0 Å². The van der Waals surface area contributed by atoms with Crippen molar-refractivity contribution in [2.75, 3.05) is 31.4 Å². The Morgan fingerprint density at radius 3 is 1.32 bits per heavy atom. The van der Waals surface area contributed by atoms with Crippen molar-refractivity contribution in [1.82, 2.24) is 0 Å². The van der Waals surface area contributed by atoms with E-state index in [2.05, 4.69) is 41.5 Å². The maximum atomic E-state index is 9.49.